The predicted octanol–water partition coefficient (Wildman–Crippen LogP) is 4.47. The second kappa shape index (κ2) is 10.3. The molecule has 8 nitrogen and oxygen atoms in total. The van der Waals surface area contributed by atoms with E-state index in [4.69, 9.17) is 14.2 Å². The molecule has 0 saturated carbocycles. The highest BCUT2D eigenvalue weighted by Crippen LogP contribution is 2.28. The summed E-state index contributed by atoms with van der Waals surface area (Å²) >= 11 is 0. The molecule has 0 saturated heterocycles. The van der Waals surface area contributed by atoms with Crippen molar-refractivity contribution >= 4 is 28.9 Å². The summed E-state index contributed by atoms with van der Waals surface area (Å²) in [7, 11) is 0. The first-order valence-electron chi connectivity index (χ1n) is 10.5. The maximum Gasteiger partial charge on any atom is 0.407 e. The third-order valence-electron chi connectivity index (χ3n) is 4.51. The second-order valence-corrected chi connectivity index (χ2v) is 8.18. The third kappa shape index (κ3) is 6.47. The van der Waals surface area contributed by atoms with E-state index in [0.717, 1.165) is 10.9 Å². The lowest BCUT2D eigenvalue weighted by molar-refractivity contribution is 0.0500. The quantitative estimate of drug-likeness (QED) is 0.488. The first-order valence-corrected chi connectivity index (χ1v) is 10.5. The van der Waals surface area contributed by atoms with Crippen LogP contribution in [0.3, 0.4) is 0 Å². The second-order valence-electron chi connectivity index (χ2n) is 8.18. The zero-order valence-electron chi connectivity index (χ0n) is 19.1. The molecular formula is C23H32N2O6. The molecule has 0 bridgehead atoms. The van der Waals surface area contributed by atoms with Gasteiger partial charge in [-0.2, -0.15) is 0 Å². The van der Waals surface area contributed by atoms with Gasteiger partial charge in [-0.1, -0.05) is 6.07 Å². The molecule has 31 heavy (non-hydrogen) atoms. The maximum atomic E-state index is 12.6. The van der Waals surface area contributed by atoms with Crippen molar-refractivity contribution in [1.82, 2.24) is 9.88 Å². The van der Waals surface area contributed by atoms with Gasteiger partial charge >= 0.3 is 18.0 Å². The van der Waals surface area contributed by atoms with E-state index in [1.807, 2.05) is 11.5 Å². The number of amides is 1. The van der Waals surface area contributed by atoms with Crippen LogP contribution in [-0.4, -0.2) is 48.0 Å². The Morgan fingerprint density at radius 2 is 1.68 bits per heavy atom. The van der Waals surface area contributed by atoms with E-state index in [1.54, 1.807) is 58.9 Å². The molecule has 1 atom stereocenters. The van der Waals surface area contributed by atoms with E-state index in [2.05, 4.69) is 5.32 Å². The van der Waals surface area contributed by atoms with E-state index < -0.39 is 23.6 Å². The van der Waals surface area contributed by atoms with E-state index in [-0.39, 0.29) is 19.3 Å². The van der Waals surface area contributed by atoms with Crippen LogP contribution in [0.25, 0.3) is 10.9 Å². The number of hydrogen-bond acceptors (Lipinski definition) is 6. The molecule has 0 radical (unpaired) electrons. The van der Waals surface area contributed by atoms with Gasteiger partial charge in [0, 0.05) is 23.5 Å². The average Bonchev–Trinajstić information content (AvgIpc) is 3.05. The number of nitrogens with zero attached hydrogens (tertiary/aromatic N) is 1. The molecule has 1 aromatic heterocycles. The topological polar surface area (TPSA) is 95.9 Å². The molecule has 2 aromatic rings. The van der Waals surface area contributed by atoms with Crippen LogP contribution in [0, 0.1) is 0 Å². The van der Waals surface area contributed by atoms with Crippen LogP contribution in [-0.2, 0) is 14.2 Å². The molecule has 1 aromatic carbocycles. The number of fused-ring (bicyclic) bond motifs is 1. The van der Waals surface area contributed by atoms with Crippen molar-refractivity contribution in [2.24, 2.45) is 0 Å². The van der Waals surface area contributed by atoms with Crippen molar-refractivity contribution in [3.05, 3.63) is 35.5 Å². The zero-order valence-corrected chi connectivity index (χ0v) is 19.1. The lowest BCUT2D eigenvalue weighted by Gasteiger charge is -2.21. The maximum absolute atomic E-state index is 12.6. The summed E-state index contributed by atoms with van der Waals surface area (Å²) in [6, 6.07) is 6.76. The van der Waals surface area contributed by atoms with Gasteiger partial charge in [0.2, 0.25) is 0 Å². The van der Waals surface area contributed by atoms with Crippen molar-refractivity contribution in [1.29, 1.82) is 0 Å². The van der Waals surface area contributed by atoms with Gasteiger partial charge in [-0.3, -0.25) is 0 Å². The third-order valence-corrected chi connectivity index (χ3v) is 4.51. The molecule has 1 N–H and O–H groups in total. The van der Waals surface area contributed by atoms with E-state index in [9.17, 15) is 14.4 Å². The number of alkyl carbamates (subject to hydrolysis) is 1. The smallest absolute Gasteiger partial charge is 0.407 e. The summed E-state index contributed by atoms with van der Waals surface area (Å²) in [5, 5.41) is 3.54. The van der Waals surface area contributed by atoms with Gasteiger partial charge in [-0.25, -0.2) is 14.4 Å². The molecule has 0 aliphatic rings. The number of hydrogen-bond donors (Lipinski definition) is 1. The Morgan fingerprint density at radius 1 is 1.03 bits per heavy atom. The monoisotopic (exact) mass is 432 g/mol. The molecule has 0 aliphatic heterocycles. The SMILES string of the molecule is CCOC(=O)c1ccc2cc(C(=O)OCC)n([C@@H](C)CCNC(=O)OC(C)(C)C)c2c1. The van der Waals surface area contributed by atoms with E-state index in [0.29, 0.717) is 24.2 Å². The van der Waals surface area contributed by atoms with Crippen molar-refractivity contribution in [3.8, 4) is 0 Å². The minimum atomic E-state index is -0.576. The highest BCUT2D eigenvalue weighted by atomic mass is 16.6. The van der Waals surface area contributed by atoms with Crippen molar-refractivity contribution < 1.29 is 28.6 Å². The van der Waals surface area contributed by atoms with E-state index in [1.165, 1.54) is 0 Å². The highest BCUT2D eigenvalue weighted by molar-refractivity contribution is 5.99. The largest absolute Gasteiger partial charge is 0.462 e. The van der Waals surface area contributed by atoms with Crippen LogP contribution in [0.2, 0.25) is 0 Å². The zero-order chi connectivity index (χ0) is 23.2. The van der Waals surface area contributed by atoms with Crippen LogP contribution < -0.4 is 5.32 Å². The number of ether oxygens (including phenoxy) is 3. The molecular weight excluding hydrogens is 400 g/mol. The summed E-state index contributed by atoms with van der Waals surface area (Å²) < 4.78 is 17.4. The number of carbonyl (C=O) groups is 3. The summed E-state index contributed by atoms with van der Waals surface area (Å²) in [5.74, 6) is -0.864. The fourth-order valence-corrected chi connectivity index (χ4v) is 3.23. The average molecular weight is 433 g/mol. The van der Waals surface area contributed by atoms with Gasteiger partial charge < -0.3 is 24.1 Å². The van der Waals surface area contributed by atoms with Crippen LogP contribution in [0.4, 0.5) is 4.79 Å². The Hall–Kier alpha value is -3.03. The van der Waals surface area contributed by atoms with E-state index >= 15 is 0 Å². The fraction of sp³-hybridized carbons (Fsp3) is 0.522. The molecule has 1 heterocycles. The Bertz CT molecular complexity index is 941. The molecule has 0 spiro atoms. The van der Waals surface area contributed by atoms with Crippen molar-refractivity contribution in [2.75, 3.05) is 19.8 Å². The Balaban J connectivity index is 2.31. The first kappa shape index (κ1) is 24.2. The van der Waals surface area contributed by atoms with Crippen molar-refractivity contribution in [3.63, 3.8) is 0 Å². The van der Waals surface area contributed by atoms with Gasteiger partial charge in [-0.15, -0.1) is 0 Å². The van der Waals surface area contributed by atoms with Gasteiger partial charge in [0.25, 0.3) is 0 Å². The number of rotatable bonds is 8. The molecule has 0 aliphatic carbocycles. The van der Waals surface area contributed by atoms with Crippen LogP contribution >= 0.6 is 0 Å². The minimum Gasteiger partial charge on any atom is -0.462 e. The standard InChI is InChI=1S/C23H32N2O6/c1-7-29-20(26)17-10-9-16-13-19(21(27)30-8-2)25(18(16)14-17)15(3)11-12-24-22(28)31-23(4,5)6/h9-10,13-15H,7-8,11-12H2,1-6H3,(H,24,28)/t15-/m0/s1. The van der Waals surface area contributed by atoms with Crippen LogP contribution in [0.5, 0.6) is 0 Å². The van der Waals surface area contributed by atoms with Crippen molar-refractivity contribution in [2.45, 2.75) is 59.6 Å². The van der Waals surface area contributed by atoms with Gasteiger partial charge in [0.05, 0.1) is 18.8 Å². The summed E-state index contributed by atoms with van der Waals surface area (Å²) in [6.07, 6.45) is 0.0475. The predicted molar refractivity (Wildman–Crippen MR) is 117 cm³/mol. The molecule has 170 valence electrons. The summed E-state index contributed by atoms with van der Waals surface area (Å²) in [4.78, 5) is 36.7. The number of benzene rings is 1. The Morgan fingerprint density at radius 3 is 2.29 bits per heavy atom. The highest BCUT2D eigenvalue weighted by Gasteiger charge is 2.22. The number of esters is 2. The van der Waals surface area contributed by atoms with Crippen LogP contribution in [0.15, 0.2) is 24.3 Å². The van der Waals surface area contributed by atoms with Crippen LogP contribution in [0.1, 0.15) is 74.9 Å². The molecule has 0 fully saturated rings. The summed E-state index contributed by atoms with van der Waals surface area (Å²) in [6.45, 7) is 11.7. The number of nitrogens with one attached hydrogen (secondary N) is 1. The van der Waals surface area contributed by atoms with Gasteiger partial charge in [0.1, 0.15) is 11.3 Å². The molecule has 1 amide bonds. The van der Waals surface area contributed by atoms with Gasteiger partial charge in [-0.05, 0) is 66.2 Å². The van der Waals surface area contributed by atoms with Gasteiger partial charge in [0.15, 0.2) is 0 Å². The minimum absolute atomic E-state index is 0.163. The number of aromatic nitrogens is 1. The first-order chi connectivity index (χ1) is 14.6. The fourth-order valence-electron chi connectivity index (χ4n) is 3.23. The molecule has 0 unspecified atom stereocenters. The summed E-state index contributed by atoms with van der Waals surface area (Å²) in [5.41, 5.74) is 0.941. The lowest BCUT2D eigenvalue weighted by Crippen LogP contribution is -2.33. The Labute approximate surface area is 182 Å². The lowest BCUT2D eigenvalue weighted by atomic mass is 10.1. The molecule has 2 rings (SSSR count). The normalized spacial score (nSPS) is 12.3. The number of carbonyl (C=O) groups excluding carboxylic acids is 3. The molecule has 8 heteroatoms. The Kier molecular flexibility index (Phi) is 8.08.